The lowest BCUT2D eigenvalue weighted by Gasteiger charge is -2.35. The van der Waals surface area contributed by atoms with Crippen LogP contribution in [-0.2, 0) is 14.8 Å². The van der Waals surface area contributed by atoms with Crippen molar-refractivity contribution in [1.82, 2.24) is 5.32 Å². The van der Waals surface area contributed by atoms with Crippen LogP contribution in [0.4, 0.5) is 5.69 Å². The number of anilines is 1. The van der Waals surface area contributed by atoms with Gasteiger partial charge < -0.3 is 14.8 Å². The number of aryl methyl sites for hydroxylation is 3. The lowest BCUT2D eigenvalue weighted by molar-refractivity contribution is -0.127. The average Bonchev–Trinajstić information content (AvgIpc) is 2.82. The maximum Gasteiger partial charge on any atom is 0.264 e. The summed E-state index contributed by atoms with van der Waals surface area (Å²) in [7, 11) is -3.88. The second kappa shape index (κ2) is 9.77. The highest BCUT2D eigenvalue weighted by Gasteiger charge is 2.37. The first-order valence-corrected chi connectivity index (χ1v) is 12.5. The van der Waals surface area contributed by atoms with E-state index in [0.717, 1.165) is 22.4 Å². The predicted octanol–water partition coefficient (Wildman–Crippen LogP) is 3.76. The Bertz CT molecular complexity index is 1290. The van der Waals surface area contributed by atoms with Crippen LogP contribution in [0.2, 0.25) is 0 Å². The molecular weight excluding hydrogens is 452 g/mol. The molecule has 1 aliphatic rings. The summed E-state index contributed by atoms with van der Waals surface area (Å²) >= 11 is 0. The molecule has 0 spiro atoms. The first-order valence-electron chi connectivity index (χ1n) is 11.1. The van der Waals surface area contributed by atoms with Crippen LogP contribution in [0.25, 0.3) is 0 Å². The Kier molecular flexibility index (Phi) is 6.79. The van der Waals surface area contributed by atoms with Gasteiger partial charge in [0.1, 0.15) is 18.1 Å². The molecule has 1 amide bonds. The van der Waals surface area contributed by atoms with Gasteiger partial charge in [0.2, 0.25) is 0 Å². The van der Waals surface area contributed by atoms with E-state index in [-0.39, 0.29) is 24.6 Å². The SMILES string of the molecule is Cc1ccc(OCCNC(=O)C2CN(S(=O)(=O)c3ccccc3)c3cc(C)ccc3O2)c(C)c1. The summed E-state index contributed by atoms with van der Waals surface area (Å²) in [6, 6.07) is 19.4. The van der Waals surface area contributed by atoms with Gasteiger partial charge in [0.25, 0.3) is 15.9 Å². The fourth-order valence-corrected chi connectivity index (χ4v) is 5.34. The van der Waals surface area contributed by atoms with Crippen LogP contribution in [0, 0.1) is 20.8 Å². The molecule has 0 bridgehead atoms. The van der Waals surface area contributed by atoms with E-state index in [1.807, 2.05) is 45.0 Å². The van der Waals surface area contributed by atoms with Crippen LogP contribution >= 0.6 is 0 Å². The molecule has 3 aromatic carbocycles. The predicted molar refractivity (Wildman–Crippen MR) is 131 cm³/mol. The highest BCUT2D eigenvalue weighted by molar-refractivity contribution is 7.92. The third-order valence-corrected chi connectivity index (χ3v) is 7.39. The number of carbonyl (C=O) groups is 1. The van der Waals surface area contributed by atoms with Gasteiger partial charge in [-0.05, 0) is 62.2 Å². The van der Waals surface area contributed by atoms with Crippen LogP contribution in [-0.4, -0.2) is 40.1 Å². The van der Waals surface area contributed by atoms with Crippen LogP contribution in [0.5, 0.6) is 11.5 Å². The van der Waals surface area contributed by atoms with E-state index < -0.39 is 22.0 Å². The smallest absolute Gasteiger partial charge is 0.264 e. The standard InChI is InChI=1S/C26H28N2O5S/c1-18-9-11-23(20(3)15-18)32-14-13-27-26(29)25-17-28(22-16-19(2)10-12-24(22)33-25)34(30,31)21-7-5-4-6-8-21/h4-12,15-16,25H,13-14,17H2,1-3H3,(H,27,29). The molecule has 1 unspecified atom stereocenters. The van der Waals surface area contributed by atoms with Crippen LogP contribution in [0.15, 0.2) is 71.6 Å². The number of nitrogens with zero attached hydrogens (tertiary/aromatic N) is 1. The molecule has 1 aliphatic heterocycles. The van der Waals surface area contributed by atoms with Crippen molar-refractivity contribution in [2.24, 2.45) is 0 Å². The maximum atomic E-state index is 13.4. The van der Waals surface area contributed by atoms with E-state index in [1.165, 1.54) is 4.31 Å². The molecule has 3 aromatic rings. The Morgan fingerprint density at radius 2 is 1.74 bits per heavy atom. The molecule has 0 aromatic heterocycles. The molecule has 0 aliphatic carbocycles. The number of carbonyl (C=O) groups excluding carboxylic acids is 1. The Morgan fingerprint density at radius 1 is 1.03 bits per heavy atom. The van der Waals surface area contributed by atoms with E-state index in [9.17, 15) is 13.2 Å². The van der Waals surface area contributed by atoms with Crippen molar-refractivity contribution in [3.63, 3.8) is 0 Å². The zero-order valence-corrected chi connectivity index (χ0v) is 20.3. The molecule has 0 saturated carbocycles. The number of hydrogen-bond donors (Lipinski definition) is 1. The minimum Gasteiger partial charge on any atom is -0.491 e. The summed E-state index contributed by atoms with van der Waals surface area (Å²) in [5, 5.41) is 2.80. The number of sulfonamides is 1. The van der Waals surface area contributed by atoms with Crippen LogP contribution in [0.1, 0.15) is 16.7 Å². The molecule has 0 saturated heterocycles. The number of amides is 1. The zero-order chi connectivity index (χ0) is 24.3. The molecule has 8 heteroatoms. The molecule has 0 fully saturated rings. The van der Waals surface area contributed by atoms with Gasteiger partial charge in [0.15, 0.2) is 6.10 Å². The molecule has 0 radical (unpaired) electrons. The molecule has 34 heavy (non-hydrogen) atoms. The van der Waals surface area contributed by atoms with Crippen molar-refractivity contribution >= 4 is 21.6 Å². The summed E-state index contributed by atoms with van der Waals surface area (Å²) in [4.78, 5) is 13.1. The summed E-state index contributed by atoms with van der Waals surface area (Å²) in [5.41, 5.74) is 3.49. The second-order valence-electron chi connectivity index (χ2n) is 8.34. The van der Waals surface area contributed by atoms with Gasteiger partial charge in [0.05, 0.1) is 23.7 Å². The van der Waals surface area contributed by atoms with Gasteiger partial charge in [-0.2, -0.15) is 0 Å². The van der Waals surface area contributed by atoms with Gasteiger partial charge in [-0.1, -0.05) is 42.0 Å². The number of ether oxygens (including phenoxy) is 2. The molecule has 7 nitrogen and oxygen atoms in total. The van der Waals surface area contributed by atoms with E-state index in [4.69, 9.17) is 9.47 Å². The number of nitrogens with one attached hydrogen (secondary N) is 1. The Hall–Kier alpha value is -3.52. The lowest BCUT2D eigenvalue weighted by Crippen LogP contribution is -2.51. The normalized spacial score (nSPS) is 15.3. The summed E-state index contributed by atoms with van der Waals surface area (Å²) in [6.45, 7) is 6.28. The second-order valence-corrected chi connectivity index (χ2v) is 10.2. The molecular formula is C26H28N2O5S. The quantitative estimate of drug-likeness (QED) is 0.521. The number of rotatable bonds is 7. The van der Waals surface area contributed by atoms with Gasteiger partial charge in [-0.25, -0.2) is 8.42 Å². The zero-order valence-electron chi connectivity index (χ0n) is 19.4. The van der Waals surface area contributed by atoms with Crippen molar-refractivity contribution in [3.8, 4) is 11.5 Å². The molecule has 4 rings (SSSR count). The van der Waals surface area contributed by atoms with E-state index in [1.54, 1.807) is 42.5 Å². The van der Waals surface area contributed by atoms with Crippen molar-refractivity contribution in [2.45, 2.75) is 31.8 Å². The van der Waals surface area contributed by atoms with Gasteiger partial charge >= 0.3 is 0 Å². The molecule has 1 atom stereocenters. The Labute approximate surface area is 200 Å². The van der Waals surface area contributed by atoms with Crippen molar-refractivity contribution in [2.75, 3.05) is 24.0 Å². The number of hydrogen-bond acceptors (Lipinski definition) is 5. The van der Waals surface area contributed by atoms with Crippen molar-refractivity contribution < 1.29 is 22.7 Å². The van der Waals surface area contributed by atoms with Crippen molar-refractivity contribution in [1.29, 1.82) is 0 Å². The van der Waals surface area contributed by atoms with Crippen LogP contribution in [0.3, 0.4) is 0 Å². The summed E-state index contributed by atoms with van der Waals surface area (Å²) in [5.74, 6) is 0.713. The van der Waals surface area contributed by atoms with Crippen molar-refractivity contribution in [3.05, 3.63) is 83.4 Å². The third-order valence-electron chi connectivity index (χ3n) is 5.60. The summed E-state index contributed by atoms with van der Waals surface area (Å²) < 4.78 is 39.8. The number of benzene rings is 3. The summed E-state index contributed by atoms with van der Waals surface area (Å²) in [6.07, 6.45) is -0.991. The number of fused-ring (bicyclic) bond motifs is 1. The first-order chi connectivity index (χ1) is 16.3. The Balaban J connectivity index is 1.47. The van der Waals surface area contributed by atoms with Crippen LogP contribution < -0.4 is 19.1 Å². The third kappa shape index (κ3) is 5.02. The van der Waals surface area contributed by atoms with E-state index in [2.05, 4.69) is 5.32 Å². The largest absolute Gasteiger partial charge is 0.491 e. The van der Waals surface area contributed by atoms with E-state index >= 15 is 0 Å². The minimum atomic E-state index is -3.88. The molecule has 1 heterocycles. The first kappa shape index (κ1) is 23.6. The molecule has 1 N–H and O–H groups in total. The topological polar surface area (TPSA) is 84.9 Å². The van der Waals surface area contributed by atoms with Gasteiger partial charge in [0, 0.05) is 0 Å². The highest BCUT2D eigenvalue weighted by atomic mass is 32.2. The maximum absolute atomic E-state index is 13.4. The Morgan fingerprint density at radius 3 is 2.47 bits per heavy atom. The average molecular weight is 481 g/mol. The van der Waals surface area contributed by atoms with E-state index in [0.29, 0.717) is 11.4 Å². The fraction of sp³-hybridized carbons (Fsp3) is 0.269. The van der Waals surface area contributed by atoms with Gasteiger partial charge in [-0.15, -0.1) is 0 Å². The highest BCUT2D eigenvalue weighted by Crippen LogP contribution is 2.37. The fourth-order valence-electron chi connectivity index (χ4n) is 3.86. The van der Waals surface area contributed by atoms with Gasteiger partial charge in [-0.3, -0.25) is 9.10 Å². The minimum absolute atomic E-state index is 0.128. The lowest BCUT2D eigenvalue weighted by atomic mass is 10.1. The monoisotopic (exact) mass is 480 g/mol. The molecule has 178 valence electrons.